The first-order valence-electron chi connectivity index (χ1n) is 6.10. The summed E-state index contributed by atoms with van der Waals surface area (Å²) in [7, 11) is 0. The standard InChI is InChI=1S/C11H18F3N3O3/c1-10(2,3)20-9(19)17-6-4-16(5-7-17)8(18)15-11(12,13)14/h4-7H2,1-3H3,(H,15,18). The van der Waals surface area contributed by atoms with Crippen molar-refractivity contribution < 1.29 is 27.5 Å². The van der Waals surface area contributed by atoms with E-state index in [1.54, 1.807) is 20.8 Å². The third kappa shape index (κ3) is 5.54. The van der Waals surface area contributed by atoms with Crippen LogP contribution in [-0.2, 0) is 4.74 Å². The topological polar surface area (TPSA) is 61.9 Å². The van der Waals surface area contributed by atoms with Crippen molar-refractivity contribution in [3.63, 3.8) is 0 Å². The van der Waals surface area contributed by atoms with Crippen LogP contribution in [0.15, 0.2) is 0 Å². The lowest BCUT2D eigenvalue weighted by Crippen LogP contribution is -2.55. The van der Waals surface area contributed by atoms with Gasteiger partial charge in [-0.05, 0) is 20.8 Å². The van der Waals surface area contributed by atoms with Gasteiger partial charge in [-0.15, -0.1) is 0 Å². The third-order valence-electron chi connectivity index (χ3n) is 2.47. The molecule has 0 aromatic heterocycles. The third-order valence-corrected chi connectivity index (χ3v) is 2.47. The molecule has 1 fully saturated rings. The van der Waals surface area contributed by atoms with Crippen LogP contribution in [0.5, 0.6) is 0 Å². The van der Waals surface area contributed by atoms with Crippen LogP contribution in [0, 0.1) is 0 Å². The molecule has 1 aliphatic rings. The highest BCUT2D eigenvalue weighted by Gasteiger charge is 2.34. The van der Waals surface area contributed by atoms with E-state index in [0.29, 0.717) is 0 Å². The molecule has 0 radical (unpaired) electrons. The second-order valence-electron chi connectivity index (χ2n) is 5.38. The molecule has 0 bridgehead atoms. The lowest BCUT2D eigenvalue weighted by molar-refractivity contribution is -0.147. The number of hydrogen-bond acceptors (Lipinski definition) is 3. The molecular formula is C11H18F3N3O3. The number of carbonyl (C=O) groups excluding carboxylic acids is 2. The number of urea groups is 1. The molecule has 1 saturated heterocycles. The highest BCUT2D eigenvalue weighted by atomic mass is 19.4. The summed E-state index contributed by atoms with van der Waals surface area (Å²) in [5.41, 5.74) is -0.637. The Labute approximate surface area is 114 Å². The molecule has 1 aliphatic heterocycles. The number of amides is 3. The molecule has 3 amide bonds. The molecule has 0 aliphatic carbocycles. The highest BCUT2D eigenvalue weighted by Crippen LogP contribution is 2.13. The summed E-state index contributed by atoms with van der Waals surface area (Å²) in [6, 6.07) is -1.21. The molecule has 116 valence electrons. The second kappa shape index (κ2) is 5.76. The van der Waals surface area contributed by atoms with Crippen LogP contribution in [0.4, 0.5) is 22.8 Å². The molecule has 6 nitrogen and oxygen atoms in total. The molecule has 1 rings (SSSR count). The fourth-order valence-electron chi connectivity index (χ4n) is 1.62. The van der Waals surface area contributed by atoms with Crippen molar-refractivity contribution in [2.75, 3.05) is 26.2 Å². The van der Waals surface area contributed by atoms with E-state index in [1.807, 2.05) is 0 Å². The van der Waals surface area contributed by atoms with Crippen molar-refractivity contribution in [2.24, 2.45) is 0 Å². The van der Waals surface area contributed by atoms with Gasteiger partial charge in [0.25, 0.3) is 0 Å². The number of ether oxygens (including phenoxy) is 1. The van der Waals surface area contributed by atoms with E-state index < -0.39 is 24.0 Å². The fraction of sp³-hybridized carbons (Fsp3) is 0.818. The molecule has 0 spiro atoms. The molecule has 0 aromatic carbocycles. The van der Waals surface area contributed by atoms with E-state index in [1.165, 1.54) is 4.90 Å². The van der Waals surface area contributed by atoms with E-state index in [-0.39, 0.29) is 26.2 Å². The van der Waals surface area contributed by atoms with Gasteiger partial charge in [-0.25, -0.2) is 14.9 Å². The van der Waals surface area contributed by atoms with Gasteiger partial charge in [0.1, 0.15) is 5.60 Å². The van der Waals surface area contributed by atoms with Gasteiger partial charge in [0.15, 0.2) is 0 Å². The molecule has 0 saturated carbocycles. The predicted octanol–water partition coefficient (Wildman–Crippen LogP) is 1.77. The smallest absolute Gasteiger partial charge is 0.444 e. The van der Waals surface area contributed by atoms with Crippen molar-refractivity contribution in [2.45, 2.75) is 32.7 Å². The summed E-state index contributed by atoms with van der Waals surface area (Å²) >= 11 is 0. The Morgan fingerprint density at radius 3 is 1.85 bits per heavy atom. The summed E-state index contributed by atoms with van der Waals surface area (Å²) in [6.45, 7) is 5.50. The van der Waals surface area contributed by atoms with Gasteiger partial charge >= 0.3 is 18.4 Å². The average molecular weight is 297 g/mol. The normalized spacial score (nSPS) is 16.9. The van der Waals surface area contributed by atoms with Crippen LogP contribution in [-0.4, -0.2) is 60.0 Å². The number of nitrogens with zero attached hydrogens (tertiary/aromatic N) is 2. The maximum absolute atomic E-state index is 12.0. The predicted molar refractivity (Wildman–Crippen MR) is 64.0 cm³/mol. The Morgan fingerprint density at radius 1 is 1.00 bits per heavy atom. The largest absolute Gasteiger partial charge is 0.485 e. The van der Waals surface area contributed by atoms with E-state index in [0.717, 1.165) is 10.2 Å². The second-order valence-corrected chi connectivity index (χ2v) is 5.38. The molecule has 0 aromatic rings. The Morgan fingerprint density at radius 2 is 1.45 bits per heavy atom. The number of alkyl halides is 3. The fourth-order valence-corrected chi connectivity index (χ4v) is 1.62. The van der Waals surface area contributed by atoms with Crippen molar-refractivity contribution >= 4 is 12.1 Å². The van der Waals surface area contributed by atoms with E-state index in [9.17, 15) is 22.8 Å². The maximum Gasteiger partial charge on any atom is 0.485 e. The Hall–Kier alpha value is -1.67. The maximum atomic E-state index is 12.0. The average Bonchev–Trinajstić information content (AvgIpc) is 2.24. The molecular weight excluding hydrogens is 279 g/mol. The van der Waals surface area contributed by atoms with Crippen LogP contribution < -0.4 is 5.32 Å². The van der Waals surface area contributed by atoms with Gasteiger partial charge in [0.05, 0.1) is 0 Å². The van der Waals surface area contributed by atoms with Gasteiger partial charge in [-0.2, -0.15) is 13.2 Å². The number of halogens is 3. The minimum absolute atomic E-state index is 0.0289. The Kier molecular flexibility index (Phi) is 4.72. The van der Waals surface area contributed by atoms with Gasteiger partial charge < -0.3 is 14.5 Å². The summed E-state index contributed by atoms with van der Waals surface area (Å²) in [4.78, 5) is 25.4. The summed E-state index contributed by atoms with van der Waals surface area (Å²) in [5.74, 6) is 0. The zero-order valence-corrected chi connectivity index (χ0v) is 11.6. The molecule has 0 unspecified atom stereocenters. The van der Waals surface area contributed by atoms with Crippen LogP contribution in [0.25, 0.3) is 0 Å². The number of rotatable bonds is 0. The lowest BCUT2D eigenvalue weighted by atomic mass is 10.2. The monoisotopic (exact) mass is 297 g/mol. The quantitative estimate of drug-likeness (QED) is 0.693. The Bertz CT molecular complexity index is 335. The molecule has 20 heavy (non-hydrogen) atoms. The Balaban J connectivity index is 2.44. The van der Waals surface area contributed by atoms with Crippen molar-refractivity contribution in [3.8, 4) is 0 Å². The SMILES string of the molecule is CC(C)(C)OC(=O)N1CCN(C(=O)NC(F)(F)F)CC1. The summed E-state index contributed by atoms with van der Waals surface area (Å²) in [6.07, 6.45) is -5.28. The number of hydrogen-bond donors (Lipinski definition) is 1. The van der Waals surface area contributed by atoms with Gasteiger partial charge in [0, 0.05) is 26.2 Å². The van der Waals surface area contributed by atoms with E-state index >= 15 is 0 Å². The van der Waals surface area contributed by atoms with E-state index in [2.05, 4.69) is 0 Å². The minimum Gasteiger partial charge on any atom is -0.444 e. The van der Waals surface area contributed by atoms with Crippen LogP contribution >= 0.6 is 0 Å². The van der Waals surface area contributed by atoms with Gasteiger partial charge in [0.2, 0.25) is 0 Å². The molecule has 1 heterocycles. The zero-order valence-electron chi connectivity index (χ0n) is 11.6. The zero-order chi connectivity index (χ0) is 15.6. The minimum atomic E-state index is -4.75. The molecule has 0 atom stereocenters. The highest BCUT2D eigenvalue weighted by molar-refractivity contribution is 5.75. The van der Waals surface area contributed by atoms with Gasteiger partial charge in [-0.1, -0.05) is 0 Å². The summed E-state index contributed by atoms with van der Waals surface area (Å²) in [5, 5.41) is 0.923. The van der Waals surface area contributed by atoms with Crippen LogP contribution in [0.1, 0.15) is 20.8 Å². The van der Waals surface area contributed by atoms with Crippen molar-refractivity contribution in [3.05, 3.63) is 0 Å². The van der Waals surface area contributed by atoms with E-state index in [4.69, 9.17) is 4.74 Å². The number of carbonyl (C=O) groups is 2. The first-order valence-corrected chi connectivity index (χ1v) is 6.10. The lowest BCUT2D eigenvalue weighted by Gasteiger charge is -2.35. The number of piperazine rings is 1. The van der Waals surface area contributed by atoms with Crippen LogP contribution in [0.2, 0.25) is 0 Å². The van der Waals surface area contributed by atoms with Crippen LogP contribution in [0.3, 0.4) is 0 Å². The first-order chi connectivity index (χ1) is 8.98. The molecule has 9 heteroatoms. The first kappa shape index (κ1) is 16.4. The molecule has 1 N–H and O–H groups in total. The number of nitrogens with one attached hydrogen (secondary N) is 1. The summed E-state index contributed by atoms with van der Waals surface area (Å²) < 4.78 is 41.2. The van der Waals surface area contributed by atoms with Gasteiger partial charge in [-0.3, -0.25) is 0 Å². The van der Waals surface area contributed by atoms with Crippen molar-refractivity contribution in [1.82, 2.24) is 15.1 Å². The van der Waals surface area contributed by atoms with Crippen molar-refractivity contribution in [1.29, 1.82) is 0 Å².